The van der Waals surface area contributed by atoms with Gasteiger partial charge in [-0.25, -0.2) is 0 Å². The fraction of sp³-hybridized carbons (Fsp3) is 0.375. The molecule has 1 aromatic carbocycles. The molecule has 1 aliphatic rings. The number of nitrogens with zero attached hydrogens (tertiary/aromatic N) is 1. The Bertz CT molecular complexity index is 637. The number of hydrogen-bond donors (Lipinski definition) is 2. The molecule has 0 unspecified atom stereocenters. The summed E-state index contributed by atoms with van der Waals surface area (Å²) >= 11 is 5.24. The number of thiophene rings is 1. The summed E-state index contributed by atoms with van der Waals surface area (Å²) in [5.41, 5.74) is 0.885. The molecule has 0 radical (unpaired) electrons. The predicted molar refractivity (Wildman–Crippen MR) is 107 cm³/mol. The number of phenols is 1. The molecule has 0 aliphatic carbocycles. The Balaban J connectivity index is 0.00000144. The van der Waals surface area contributed by atoms with Crippen LogP contribution in [0.25, 0.3) is 0 Å². The maximum absolute atomic E-state index is 10.6. The molecule has 2 N–H and O–H groups in total. The van der Waals surface area contributed by atoms with Crippen LogP contribution in [0.4, 0.5) is 0 Å². The number of nitrogens with one attached hydrogen (secondary N) is 1. The molecule has 2 heterocycles. The molecule has 3 rings (SSSR count). The highest BCUT2D eigenvalue weighted by Crippen LogP contribution is 2.42. The fourth-order valence-electron chi connectivity index (χ4n) is 2.88. The molecule has 4 nitrogen and oxygen atoms in total. The standard InChI is InChI=1S/C16H19BrN2O2S.2ClH/c1-21-13-10-11(17)9-12(16(13)20)15(14-3-2-8-22-14)19-6-4-18-5-7-19;;/h2-3,8-10,15,18,20H,4-7H2,1H3;2*1H/t15-;;/m0../s1. The maximum atomic E-state index is 10.6. The third-order valence-electron chi connectivity index (χ3n) is 3.91. The van der Waals surface area contributed by atoms with E-state index in [1.807, 2.05) is 6.07 Å². The van der Waals surface area contributed by atoms with Crippen LogP contribution in [0.1, 0.15) is 16.5 Å². The summed E-state index contributed by atoms with van der Waals surface area (Å²) in [6.07, 6.45) is 0. The first-order valence-corrected chi connectivity index (χ1v) is 8.92. The average molecular weight is 456 g/mol. The number of ether oxygens (including phenoxy) is 1. The quantitative estimate of drug-likeness (QED) is 0.729. The first kappa shape index (κ1) is 21.5. The molecule has 0 amide bonds. The summed E-state index contributed by atoms with van der Waals surface area (Å²) in [5, 5.41) is 16.1. The van der Waals surface area contributed by atoms with Crippen LogP contribution in [-0.4, -0.2) is 43.3 Å². The van der Waals surface area contributed by atoms with Crippen molar-refractivity contribution in [2.75, 3.05) is 33.3 Å². The van der Waals surface area contributed by atoms with Crippen molar-refractivity contribution in [3.8, 4) is 11.5 Å². The van der Waals surface area contributed by atoms with Crippen LogP contribution in [0.3, 0.4) is 0 Å². The lowest BCUT2D eigenvalue weighted by Gasteiger charge is -2.35. The average Bonchev–Trinajstić information content (AvgIpc) is 3.05. The van der Waals surface area contributed by atoms with Crippen molar-refractivity contribution in [1.29, 1.82) is 0 Å². The van der Waals surface area contributed by atoms with Crippen LogP contribution in [-0.2, 0) is 0 Å². The van der Waals surface area contributed by atoms with E-state index < -0.39 is 0 Å². The van der Waals surface area contributed by atoms with Gasteiger partial charge in [0.25, 0.3) is 0 Å². The summed E-state index contributed by atoms with van der Waals surface area (Å²) in [6, 6.07) is 8.02. The summed E-state index contributed by atoms with van der Waals surface area (Å²) in [7, 11) is 1.58. The molecule has 0 saturated carbocycles. The zero-order chi connectivity index (χ0) is 15.5. The van der Waals surface area contributed by atoms with E-state index in [1.54, 1.807) is 24.5 Å². The minimum absolute atomic E-state index is 0. The number of benzene rings is 1. The second kappa shape index (κ2) is 9.85. The van der Waals surface area contributed by atoms with Crippen molar-refractivity contribution in [1.82, 2.24) is 10.2 Å². The van der Waals surface area contributed by atoms with Crippen molar-refractivity contribution < 1.29 is 9.84 Å². The first-order valence-electron chi connectivity index (χ1n) is 7.25. The first-order chi connectivity index (χ1) is 10.7. The van der Waals surface area contributed by atoms with Gasteiger partial charge in [0, 0.05) is 41.1 Å². The fourth-order valence-corrected chi connectivity index (χ4v) is 4.21. The smallest absolute Gasteiger partial charge is 0.162 e. The van der Waals surface area contributed by atoms with Crippen LogP contribution in [0, 0.1) is 0 Å². The van der Waals surface area contributed by atoms with Gasteiger partial charge >= 0.3 is 0 Å². The van der Waals surface area contributed by atoms with Gasteiger partial charge in [-0.3, -0.25) is 4.90 Å². The molecule has 1 saturated heterocycles. The monoisotopic (exact) mass is 454 g/mol. The zero-order valence-corrected chi connectivity index (χ0v) is 17.2. The van der Waals surface area contributed by atoms with E-state index in [0.29, 0.717) is 5.75 Å². The van der Waals surface area contributed by atoms with E-state index in [0.717, 1.165) is 36.2 Å². The van der Waals surface area contributed by atoms with E-state index in [2.05, 4.69) is 43.7 Å². The van der Waals surface area contributed by atoms with Gasteiger partial charge in [0.05, 0.1) is 13.2 Å². The molecule has 24 heavy (non-hydrogen) atoms. The Labute approximate surface area is 167 Å². The van der Waals surface area contributed by atoms with Crippen molar-refractivity contribution in [2.24, 2.45) is 0 Å². The van der Waals surface area contributed by atoms with Gasteiger partial charge in [0.15, 0.2) is 11.5 Å². The van der Waals surface area contributed by atoms with Crippen molar-refractivity contribution >= 4 is 52.1 Å². The van der Waals surface area contributed by atoms with Gasteiger partial charge in [-0.15, -0.1) is 36.2 Å². The predicted octanol–water partition coefficient (Wildman–Crippen LogP) is 4.06. The van der Waals surface area contributed by atoms with E-state index in [9.17, 15) is 5.11 Å². The molecule has 1 atom stereocenters. The van der Waals surface area contributed by atoms with Gasteiger partial charge in [-0.05, 0) is 23.6 Å². The molecule has 0 spiro atoms. The minimum atomic E-state index is 0. The second-order valence-corrected chi connectivity index (χ2v) is 7.14. The Kier molecular flexibility index (Phi) is 8.84. The van der Waals surface area contributed by atoms with Crippen LogP contribution in [0.5, 0.6) is 11.5 Å². The number of piperazine rings is 1. The molecule has 134 valence electrons. The van der Waals surface area contributed by atoms with Crippen LogP contribution in [0.2, 0.25) is 0 Å². The summed E-state index contributed by atoms with van der Waals surface area (Å²) in [5.74, 6) is 0.726. The lowest BCUT2D eigenvalue weighted by molar-refractivity contribution is 0.197. The normalized spacial score (nSPS) is 15.9. The molecular formula is C16H21BrCl2N2O2S. The van der Waals surface area contributed by atoms with Crippen molar-refractivity contribution in [2.45, 2.75) is 6.04 Å². The van der Waals surface area contributed by atoms with E-state index in [-0.39, 0.29) is 36.6 Å². The summed E-state index contributed by atoms with van der Waals surface area (Å²) < 4.78 is 6.22. The summed E-state index contributed by atoms with van der Waals surface area (Å²) in [4.78, 5) is 3.64. The number of aromatic hydroxyl groups is 1. The molecule has 1 aliphatic heterocycles. The SMILES string of the molecule is COc1cc(Br)cc([C@@H](c2cccs2)N2CCNCC2)c1O.Cl.Cl. The van der Waals surface area contributed by atoms with Gasteiger partial charge in [0.1, 0.15) is 0 Å². The molecule has 1 fully saturated rings. The van der Waals surface area contributed by atoms with Crippen molar-refractivity contribution in [3.05, 3.63) is 44.6 Å². The Morgan fingerprint density at radius 2 is 2.00 bits per heavy atom. The van der Waals surface area contributed by atoms with Gasteiger partial charge < -0.3 is 15.2 Å². The van der Waals surface area contributed by atoms with Crippen molar-refractivity contribution in [3.63, 3.8) is 0 Å². The van der Waals surface area contributed by atoms with E-state index >= 15 is 0 Å². The van der Waals surface area contributed by atoms with Crippen LogP contribution in [0.15, 0.2) is 34.1 Å². The largest absolute Gasteiger partial charge is 0.504 e. The van der Waals surface area contributed by atoms with E-state index in [1.165, 1.54) is 4.88 Å². The highest BCUT2D eigenvalue weighted by Gasteiger charge is 2.28. The molecule has 1 aromatic heterocycles. The lowest BCUT2D eigenvalue weighted by atomic mass is 10.0. The highest BCUT2D eigenvalue weighted by atomic mass is 79.9. The summed E-state index contributed by atoms with van der Waals surface area (Å²) in [6.45, 7) is 3.84. The number of methoxy groups -OCH3 is 1. The number of rotatable bonds is 4. The van der Waals surface area contributed by atoms with Gasteiger partial charge in [-0.2, -0.15) is 0 Å². The molecule has 0 bridgehead atoms. The lowest BCUT2D eigenvalue weighted by Crippen LogP contribution is -2.45. The number of halogens is 3. The van der Waals surface area contributed by atoms with Gasteiger partial charge in [-0.1, -0.05) is 22.0 Å². The Hall–Kier alpha value is -0.500. The number of hydrogen-bond acceptors (Lipinski definition) is 5. The molecule has 8 heteroatoms. The van der Waals surface area contributed by atoms with Crippen LogP contribution < -0.4 is 10.1 Å². The zero-order valence-electron chi connectivity index (χ0n) is 13.2. The van der Waals surface area contributed by atoms with Gasteiger partial charge in [0.2, 0.25) is 0 Å². The second-order valence-electron chi connectivity index (χ2n) is 5.25. The topological polar surface area (TPSA) is 44.7 Å². The molecular weight excluding hydrogens is 435 g/mol. The highest BCUT2D eigenvalue weighted by molar-refractivity contribution is 9.10. The Morgan fingerprint density at radius 1 is 1.29 bits per heavy atom. The number of phenolic OH excluding ortho intramolecular Hbond substituents is 1. The minimum Gasteiger partial charge on any atom is -0.504 e. The Morgan fingerprint density at radius 3 is 2.58 bits per heavy atom. The van der Waals surface area contributed by atoms with E-state index in [4.69, 9.17) is 4.74 Å². The third-order valence-corrected chi connectivity index (χ3v) is 5.30. The molecule has 2 aromatic rings. The third kappa shape index (κ3) is 4.56. The van der Waals surface area contributed by atoms with Crippen LogP contribution >= 0.6 is 52.1 Å². The maximum Gasteiger partial charge on any atom is 0.162 e.